The van der Waals surface area contributed by atoms with Crippen LogP contribution in [0.4, 0.5) is 18.0 Å². The maximum atomic E-state index is 12.9. The third-order valence-electron chi connectivity index (χ3n) is 6.20. The summed E-state index contributed by atoms with van der Waals surface area (Å²) in [5.41, 5.74) is -5.43. The van der Waals surface area contributed by atoms with Gasteiger partial charge in [-0.1, -0.05) is 12.1 Å². The van der Waals surface area contributed by atoms with Gasteiger partial charge in [-0.15, -0.1) is 0 Å². The standard InChI is InChI=1S/C22H31F3N2O4S/c1-21(2,3)31-20(28)27-13-10-17(15-8-11-26-12-9-15)14-19(27)16-4-6-18(7-5-16)32(29,30)22(23,24)25/h4-7,15,17,19,26H,8-14H2,1-3H3/t17?,19-/m1/s1. The predicted molar refractivity (Wildman–Crippen MR) is 114 cm³/mol. The third kappa shape index (κ3) is 5.57. The monoisotopic (exact) mass is 476 g/mol. The number of benzene rings is 1. The Bertz CT molecular complexity index is 905. The number of sulfone groups is 1. The van der Waals surface area contributed by atoms with Gasteiger partial charge < -0.3 is 15.0 Å². The van der Waals surface area contributed by atoms with Crippen LogP contribution in [-0.2, 0) is 14.6 Å². The minimum Gasteiger partial charge on any atom is -0.444 e. The second-order valence-electron chi connectivity index (χ2n) is 9.58. The molecule has 180 valence electrons. The molecule has 2 aliphatic rings. The van der Waals surface area contributed by atoms with Crippen LogP contribution in [0.3, 0.4) is 0 Å². The number of hydrogen-bond acceptors (Lipinski definition) is 5. The molecule has 2 atom stereocenters. The predicted octanol–water partition coefficient (Wildman–Crippen LogP) is 4.67. The van der Waals surface area contributed by atoms with Crippen LogP contribution in [0, 0.1) is 11.8 Å². The highest BCUT2D eigenvalue weighted by atomic mass is 32.2. The van der Waals surface area contributed by atoms with E-state index in [2.05, 4.69) is 5.32 Å². The van der Waals surface area contributed by atoms with Gasteiger partial charge in [-0.25, -0.2) is 13.2 Å². The van der Waals surface area contributed by atoms with Crippen molar-refractivity contribution in [3.8, 4) is 0 Å². The first kappa shape index (κ1) is 24.8. The average Bonchev–Trinajstić information content (AvgIpc) is 2.72. The molecule has 32 heavy (non-hydrogen) atoms. The number of amides is 1. The quantitative estimate of drug-likeness (QED) is 0.686. The van der Waals surface area contributed by atoms with E-state index in [1.807, 2.05) is 0 Å². The summed E-state index contributed by atoms with van der Waals surface area (Å²) >= 11 is 0. The lowest BCUT2D eigenvalue weighted by atomic mass is 9.76. The molecule has 1 unspecified atom stereocenters. The van der Waals surface area contributed by atoms with Gasteiger partial charge in [-0.3, -0.25) is 0 Å². The first-order valence-corrected chi connectivity index (χ1v) is 12.4. The number of hydrogen-bond donors (Lipinski definition) is 1. The maximum Gasteiger partial charge on any atom is 0.501 e. The molecule has 1 aromatic rings. The summed E-state index contributed by atoms with van der Waals surface area (Å²) < 4.78 is 67.7. The van der Waals surface area contributed by atoms with Crippen molar-refractivity contribution in [2.75, 3.05) is 19.6 Å². The Morgan fingerprint density at radius 3 is 2.16 bits per heavy atom. The minimum atomic E-state index is -5.42. The first-order chi connectivity index (χ1) is 14.8. The molecule has 2 saturated heterocycles. The van der Waals surface area contributed by atoms with Crippen LogP contribution in [0.2, 0.25) is 0 Å². The van der Waals surface area contributed by atoms with Crippen molar-refractivity contribution in [1.29, 1.82) is 0 Å². The summed E-state index contributed by atoms with van der Waals surface area (Å²) in [5, 5.41) is 3.35. The van der Waals surface area contributed by atoms with Crippen LogP contribution in [0.25, 0.3) is 0 Å². The number of carbonyl (C=O) groups is 1. The summed E-state index contributed by atoms with van der Waals surface area (Å²) in [6.45, 7) is 7.71. The van der Waals surface area contributed by atoms with Crippen molar-refractivity contribution >= 4 is 15.9 Å². The molecule has 6 nitrogen and oxygen atoms in total. The van der Waals surface area contributed by atoms with Crippen molar-refractivity contribution in [2.24, 2.45) is 11.8 Å². The highest BCUT2D eigenvalue weighted by Crippen LogP contribution is 2.41. The molecule has 10 heteroatoms. The zero-order valence-corrected chi connectivity index (χ0v) is 19.4. The fourth-order valence-electron chi connectivity index (χ4n) is 4.59. The van der Waals surface area contributed by atoms with Crippen molar-refractivity contribution in [2.45, 2.75) is 68.5 Å². The summed E-state index contributed by atoms with van der Waals surface area (Å²) in [5.74, 6) is 0.892. The maximum absolute atomic E-state index is 12.9. The molecule has 0 spiro atoms. The number of carbonyl (C=O) groups excluding carboxylic acids is 1. The minimum absolute atomic E-state index is 0.374. The molecule has 2 aliphatic heterocycles. The van der Waals surface area contributed by atoms with E-state index in [0.29, 0.717) is 30.4 Å². The molecule has 2 fully saturated rings. The molecule has 0 aliphatic carbocycles. The van der Waals surface area contributed by atoms with Crippen LogP contribution in [0.1, 0.15) is 58.1 Å². The van der Waals surface area contributed by atoms with E-state index in [-0.39, 0.29) is 6.04 Å². The summed E-state index contributed by atoms with van der Waals surface area (Å²) in [4.78, 5) is 13.7. The van der Waals surface area contributed by atoms with E-state index in [1.165, 1.54) is 12.1 Å². The van der Waals surface area contributed by atoms with Crippen molar-refractivity contribution in [3.63, 3.8) is 0 Å². The summed E-state index contributed by atoms with van der Waals surface area (Å²) in [6, 6.07) is 4.32. The lowest BCUT2D eigenvalue weighted by Gasteiger charge is -2.43. The van der Waals surface area contributed by atoms with Gasteiger partial charge in [0.2, 0.25) is 0 Å². The molecule has 0 saturated carbocycles. The Morgan fingerprint density at radius 2 is 1.62 bits per heavy atom. The fraction of sp³-hybridized carbons (Fsp3) is 0.682. The summed E-state index contributed by atoms with van der Waals surface area (Å²) in [7, 11) is -5.42. The van der Waals surface area contributed by atoms with E-state index < -0.39 is 31.9 Å². The van der Waals surface area contributed by atoms with Gasteiger partial charge in [0.05, 0.1) is 10.9 Å². The van der Waals surface area contributed by atoms with Gasteiger partial charge in [0.1, 0.15) is 5.60 Å². The van der Waals surface area contributed by atoms with Gasteiger partial charge in [-0.05, 0) is 89.1 Å². The zero-order valence-electron chi connectivity index (χ0n) is 18.6. The Kier molecular flexibility index (Phi) is 7.14. The van der Waals surface area contributed by atoms with E-state index in [1.54, 1.807) is 25.7 Å². The van der Waals surface area contributed by atoms with Crippen LogP contribution >= 0.6 is 0 Å². The lowest BCUT2D eigenvalue weighted by molar-refractivity contribution is -0.0436. The Labute approximate surface area is 187 Å². The SMILES string of the molecule is CC(C)(C)OC(=O)N1CCC(C2CCNCC2)C[C@@H]1c1ccc(S(=O)(=O)C(F)(F)F)cc1. The molecule has 1 N–H and O–H groups in total. The molecule has 0 aromatic heterocycles. The van der Waals surface area contributed by atoms with Gasteiger partial charge in [-0.2, -0.15) is 13.2 Å². The number of piperidine rings is 2. The Morgan fingerprint density at radius 1 is 1.03 bits per heavy atom. The molecule has 3 rings (SSSR count). The van der Waals surface area contributed by atoms with E-state index in [4.69, 9.17) is 4.74 Å². The van der Waals surface area contributed by atoms with Gasteiger partial charge in [0, 0.05) is 6.54 Å². The van der Waals surface area contributed by atoms with E-state index in [0.717, 1.165) is 44.5 Å². The molecular formula is C22H31F3N2O4S. The number of alkyl halides is 3. The molecular weight excluding hydrogens is 445 g/mol. The van der Waals surface area contributed by atoms with E-state index >= 15 is 0 Å². The molecule has 1 amide bonds. The highest BCUT2D eigenvalue weighted by Gasteiger charge is 2.47. The number of nitrogens with zero attached hydrogens (tertiary/aromatic N) is 1. The molecule has 2 heterocycles. The highest BCUT2D eigenvalue weighted by molar-refractivity contribution is 7.92. The smallest absolute Gasteiger partial charge is 0.444 e. The normalized spacial score (nSPS) is 23.8. The number of rotatable bonds is 3. The Balaban J connectivity index is 1.88. The van der Waals surface area contributed by atoms with Crippen LogP contribution in [0.15, 0.2) is 29.2 Å². The average molecular weight is 477 g/mol. The molecule has 0 radical (unpaired) electrons. The van der Waals surface area contributed by atoms with Gasteiger partial charge in [0.15, 0.2) is 0 Å². The first-order valence-electron chi connectivity index (χ1n) is 10.9. The zero-order chi connectivity index (χ0) is 23.7. The second kappa shape index (κ2) is 9.21. The third-order valence-corrected chi connectivity index (χ3v) is 7.70. The lowest BCUT2D eigenvalue weighted by Crippen LogP contribution is -2.45. The fourth-order valence-corrected chi connectivity index (χ4v) is 5.36. The van der Waals surface area contributed by atoms with Gasteiger partial charge >= 0.3 is 11.6 Å². The van der Waals surface area contributed by atoms with Crippen molar-refractivity contribution in [1.82, 2.24) is 10.2 Å². The number of halogens is 3. The van der Waals surface area contributed by atoms with Crippen molar-refractivity contribution < 1.29 is 31.1 Å². The number of nitrogens with one attached hydrogen (secondary N) is 1. The number of ether oxygens (including phenoxy) is 1. The van der Waals surface area contributed by atoms with Crippen LogP contribution in [0.5, 0.6) is 0 Å². The van der Waals surface area contributed by atoms with Crippen molar-refractivity contribution in [3.05, 3.63) is 29.8 Å². The Hall–Kier alpha value is -1.81. The molecule has 0 bridgehead atoms. The topological polar surface area (TPSA) is 75.7 Å². The van der Waals surface area contributed by atoms with E-state index in [9.17, 15) is 26.4 Å². The summed E-state index contributed by atoms with van der Waals surface area (Å²) in [6.07, 6.45) is 3.12. The largest absolute Gasteiger partial charge is 0.501 e. The van der Waals surface area contributed by atoms with Crippen LogP contribution < -0.4 is 5.32 Å². The molecule has 1 aromatic carbocycles. The van der Waals surface area contributed by atoms with Crippen LogP contribution in [-0.4, -0.2) is 50.2 Å². The number of likely N-dealkylation sites (tertiary alicyclic amines) is 1. The second-order valence-corrected chi connectivity index (χ2v) is 11.5. The van der Waals surface area contributed by atoms with Gasteiger partial charge in [0.25, 0.3) is 9.84 Å².